The smallest absolute Gasteiger partial charge is 0.119 e. The van der Waals surface area contributed by atoms with Crippen LogP contribution in [0.4, 0.5) is 0 Å². The first kappa shape index (κ1) is 14.4. The number of nitrogens with one attached hydrogen (secondary N) is 1. The molecule has 1 aliphatic rings. The first-order chi connectivity index (χ1) is 10.3. The third-order valence-electron chi connectivity index (χ3n) is 3.87. The van der Waals surface area contributed by atoms with Gasteiger partial charge in [-0.3, -0.25) is 0 Å². The van der Waals surface area contributed by atoms with E-state index in [0.717, 1.165) is 43.2 Å². The van der Waals surface area contributed by atoms with Gasteiger partial charge in [0.15, 0.2) is 0 Å². The van der Waals surface area contributed by atoms with Crippen LogP contribution < -0.4 is 10.1 Å². The molecule has 1 unspecified atom stereocenters. The molecule has 0 aliphatic heterocycles. The van der Waals surface area contributed by atoms with E-state index >= 15 is 0 Å². The van der Waals surface area contributed by atoms with Gasteiger partial charge in [-0.1, -0.05) is 35.9 Å². The fourth-order valence-electron chi connectivity index (χ4n) is 2.82. The lowest BCUT2D eigenvalue weighted by molar-refractivity contribution is 0.305. The van der Waals surface area contributed by atoms with Crippen LogP contribution in [0.1, 0.15) is 17.5 Å². The molecule has 2 aromatic carbocycles. The number of hydrogen-bond acceptors (Lipinski definition) is 2. The molecule has 21 heavy (non-hydrogen) atoms. The Hall–Kier alpha value is -1.51. The minimum atomic E-state index is 0.537. The highest BCUT2D eigenvalue weighted by Gasteiger charge is 2.20. The first-order valence-corrected chi connectivity index (χ1v) is 7.87. The fourth-order valence-corrected chi connectivity index (χ4v) is 3.01. The molecule has 1 N–H and O–H groups in total. The molecule has 110 valence electrons. The van der Waals surface area contributed by atoms with E-state index in [9.17, 15) is 0 Å². The zero-order valence-corrected chi connectivity index (χ0v) is 12.8. The number of para-hydroxylation sites is 1. The lowest BCUT2D eigenvalue weighted by Crippen LogP contribution is -2.31. The van der Waals surface area contributed by atoms with E-state index in [2.05, 4.69) is 17.4 Å². The molecule has 0 spiro atoms. The second kappa shape index (κ2) is 6.97. The van der Waals surface area contributed by atoms with Crippen molar-refractivity contribution in [3.05, 3.63) is 64.7 Å². The van der Waals surface area contributed by atoms with E-state index in [4.69, 9.17) is 16.3 Å². The molecule has 0 heterocycles. The summed E-state index contributed by atoms with van der Waals surface area (Å²) in [6.07, 6.45) is 3.20. The molecule has 3 rings (SSSR count). The molecular formula is C18H20ClNO. The Morgan fingerprint density at radius 3 is 2.71 bits per heavy atom. The Morgan fingerprint density at radius 2 is 1.86 bits per heavy atom. The van der Waals surface area contributed by atoms with Gasteiger partial charge < -0.3 is 10.1 Å². The number of ether oxygens (including phenoxy) is 1. The van der Waals surface area contributed by atoms with Crippen molar-refractivity contribution in [3.63, 3.8) is 0 Å². The van der Waals surface area contributed by atoms with Gasteiger partial charge in [-0.15, -0.1) is 0 Å². The average Bonchev–Trinajstić information content (AvgIpc) is 2.90. The predicted molar refractivity (Wildman–Crippen MR) is 87.2 cm³/mol. The van der Waals surface area contributed by atoms with Crippen LogP contribution >= 0.6 is 11.6 Å². The van der Waals surface area contributed by atoms with E-state index in [1.165, 1.54) is 11.1 Å². The monoisotopic (exact) mass is 301 g/mol. The van der Waals surface area contributed by atoms with Crippen molar-refractivity contribution in [1.82, 2.24) is 5.32 Å². The van der Waals surface area contributed by atoms with Crippen LogP contribution in [0, 0.1) is 0 Å². The first-order valence-electron chi connectivity index (χ1n) is 7.50. The normalized spacial score (nSPS) is 16.7. The summed E-state index contributed by atoms with van der Waals surface area (Å²) in [5, 5.41) is 4.45. The number of benzene rings is 2. The maximum atomic E-state index is 6.04. The molecule has 0 fully saturated rings. The Kier molecular flexibility index (Phi) is 4.79. The van der Waals surface area contributed by atoms with Gasteiger partial charge in [0.05, 0.1) is 6.61 Å². The van der Waals surface area contributed by atoms with E-state index in [1.54, 1.807) is 0 Å². The summed E-state index contributed by atoms with van der Waals surface area (Å²) in [7, 11) is 0. The molecule has 2 nitrogen and oxygen atoms in total. The molecule has 0 aromatic heterocycles. The van der Waals surface area contributed by atoms with Crippen LogP contribution in [0.5, 0.6) is 5.75 Å². The van der Waals surface area contributed by atoms with Crippen molar-refractivity contribution in [2.75, 3.05) is 13.2 Å². The average molecular weight is 302 g/mol. The molecule has 2 aromatic rings. The van der Waals surface area contributed by atoms with Gasteiger partial charge >= 0.3 is 0 Å². The number of hydrogen-bond donors (Lipinski definition) is 1. The van der Waals surface area contributed by atoms with Crippen molar-refractivity contribution in [1.29, 1.82) is 0 Å². The van der Waals surface area contributed by atoms with E-state index in [1.807, 2.05) is 36.4 Å². The predicted octanol–water partition coefficient (Wildman–Crippen LogP) is 3.87. The van der Waals surface area contributed by atoms with Crippen LogP contribution in [-0.4, -0.2) is 19.2 Å². The number of fused-ring (bicyclic) bond motifs is 1. The van der Waals surface area contributed by atoms with Crippen LogP contribution in [0.25, 0.3) is 0 Å². The summed E-state index contributed by atoms with van der Waals surface area (Å²) in [6, 6.07) is 16.7. The third kappa shape index (κ3) is 3.99. The van der Waals surface area contributed by atoms with Gasteiger partial charge in [0.2, 0.25) is 0 Å². The summed E-state index contributed by atoms with van der Waals surface area (Å²) in [4.78, 5) is 0. The molecule has 0 amide bonds. The van der Waals surface area contributed by atoms with Crippen molar-refractivity contribution in [2.24, 2.45) is 0 Å². The molecule has 0 radical (unpaired) electrons. The number of rotatable bonds is 6. The standard InChI is InChI=1S/C18H20ClNO/c19-16-8-7-14-12-17(13-15(14)11-16)20-9-4-10-21-18-5-2-1-3-6-18/h1-3,5-8,11,17,20H,4,9-10,12-13H2. The molecule has 1 atom stereocenters. The van der Waals surface area contributed by atoms with Crippen molar-refractivity contribution in [2.45, 2.75) is 25.3 Å². The van der Waals surface area contributed by atoms with Crippen LogP contribution in [-0.2, 0) is 12.8 Å². The van der Waals surface area contributed by atoms with Gasteiger partial charge in [0.25, 0.3) is 0 Å². The van der Waals surface area contributed by atoms with Gasteiger partial charge in [0, 0.05) is 11.1 Å². The lowest BCUT2D eigenvalue weighted by atomic mass is 10.1. The number of halogens is 1. The molecule has 0 saturated heterocycles. The minimum Gasteiger partial charge on any atom is -0.494 e. The van der Waals surface area contributed by atoms with Crippen molar-refractivity contribution in [3.8, 4) is 5.75 Å². The lowest BCUT2D eigenvalue weighted by Gasteiger charge is -2.12. The summed E-state index contributed by atoms with van der Waals surface area (Å²) >= 11 is 6.04. The fraction of sp³-hybridized carbons (Fsp3) is 0.333. The molecular weight excluding hydrogens is 282 g/mol. The largest absolute Gasteiger partial charge is 0.494 e. The van der Waals surface area contributed by atoms with Crippen LogP contribution in [0.2, 0.25) is 5.02 Å². The summed E-state index contributed by atoms with van der Waals surface area (Å²) in [5.41, 5.74) is 2.82. The maximum absolute atomic E-state index is 6.04. The summed E-state index contributed by atoms with van der Waals surface area (Å²) in [5.74, 6) is 0.945. The van der Waals surface area contributed by atoms with E-state index in [0.29, 0.717) is 6.04 Å². The Labute approximate surface area is 131 Å². The summed E-state index contributed by atoms with van der Waals surface area (Å²) < 4.78 is 5.69. The highest BCUT2D eigenvalue weighted by atomic mass is 35.5. The second-order valence-electron chi connectivity index (χ2n) is 5.49. The van der Waals surface area contributed by atoms with Crippen molar-refractivity contribution >= 4 is 11.6 Å². The van der Waals surface area contributed by atoms with Gasteiger partial charge in [0.1, 0.15) is 5.75 Å². The van der Waals surface area contributed by atoms with E-state index in [-0.39, 0.29) is 0 Å². The zero-order valence-electron chi connectivity index (χ0n) is 12.0. The Morgan fingerprint density at radius 1 is 1.05 bits per heavy atom. The minimum absolute atomic E-state index is 0.537. The second-order valence-corrected chi connectivity index (χ2v) is 5.92. The molecule has 0 saturated carbocycles. The highest BCUT2D eigenvalue weighted by Crippen LogP contribution is 2.25. The third-order valence-corrected chi connectivity index (χ3v) is 4.10. The molecule has 3 heteroatoms. The topological polar surface area (TPSA) is 21.3 Å². The summed E-state index contributed by atoms with van der Waals surface area (Å²) in [6.45, 7) is 1.74. The van der Waals surface area contributed by atoms with Crippen LogP contribution in [0.15, 0.2) is 48.5 Å². The Bertz CT molecular complexity index is 585. The molecule has 0 bridgehead atoms. The quantitative estimate of drug-likeness (QED) is 0.818. The van der Waals surface area contributed by atoms with Crippen LogP contribution in [0.3, 0.4) is 0 Å². The van der Waals surface area contributed by atoms with Gasteiger partial charge in [-0.25, -0.2) is 0 Å². The highest BCUT2D eigenvalue weighted by molar-refractivity contribution is 6.30. The maximum Gasteiger partial charge on any atom is 0.119 e. The van der Waals surface area contributed by atoms with Gasteiger partial charge in [-0.05, 0) is 61.2 Å². The Balaban J connectivity index is 1.36. The zero-order chi connectivity index (χ0) is 14.5. The SMILES string of the molecule is Clc1ccc2c(c1)CC(NCCCOc1ccccc1)C2. The van der Waals surface area contributed by atoms with Crippen molar-refractivity contribution < 1.29 is 4.74 Å². The van der Waals surface area contributed by atoms with E-state index < -0.39 is 0 Å². The molecule has 1 aliphatic carbocycles. The van der Waals surface area contributed by atoms with Gasteiger partial charge in [-0.2, -0.15) is 0 Å².